The van der Waals surface area contributed by atoms with E-state index in [9.17, 15) is 23.1 Å². The van der Waals surface area contributed by atoms with Gasteiger partial charge in [0.2, 0.25) is 0 Å². The first-order chi connectivity index (χ1) is 16.5. The average Bonchev–Trinajstić information content (AvgIpc) is 2.82. The number of ether oxygens (including phenoxy) is 1. The number of aliphatic carboxylic acids is 2. The molecule has 0 aliphatic rings. The number of carboxylic acids is 2. The van der Waals surface area contributed by atoms with E-state index in [1.807, 2.05) is 30.3 Å². The second-order valence-corrected chi connectivity index (χ2v) is 7.06. The Bertz CT molecular complexity index is 1150. The van der Waals surface area contributed by atoms with E-state index in [0.29, 0.717) is 29.2 Å². The maximum atomic E-state index is 11.8. The van der Waals surface area contributed by atoms with Gasteiger partial charge in [0.25, 0.3) is 0 Å². The molecule has 3 aromatic carbocycles. The van der Waals surface area contributed by atoms with E-state index in [1.54, 1.807) is 48.5 Å². The van der Waals surface area contributed by atoms with Crippen molar-refractivity contribution in [3.8, 4) is 5.75 Å². The number of carbonyl (C=O) groups is 2. The van der Waals surface area contributed by atoms with Crippen LogP contribution in [0.4, 0.5) is 18.9 Å². The number of hydrogen-bond donors (Lipinski definition) is 5. The number of hydrogen-bond acceptors (Lipinski definition) is 5. The Morgan fingerprint density at radius 3 is 2.09 bits per heavy atom. The second-order valence-electron chi connectivity index (χ2n) is 7.06. The van der Waals surface area contributed by atoms with Gasteiger partial charge in [-0.15, -0.1) is 0 Å². The first-order valence-corrected chi connectivity index (χ1v) is 9.98. The van der Waals surface area contributed by atoms with Crippen LogP contribution in [0.2, 0.25) is 0 Å². The Kier molecular flexibility index (Phi) is 9.21. The lowest BCUT2D eigenvalue weighted by Crippen LogP contribution is -2.21. The van der Waals surface area contributed by atoms with E-state index in [1.165, 1.54) is 0 Å². The molecule has 0 aromatic heterocycles. The van der Waals surface area contributed by atoms with E-state index >= 15 is 0 Å². The van der Waals surface area contributed by atoms with Gasteiger partial charge < -0.3 is 26.0 Å². The largest absolute Gasteiger partial charge is 0.490 e. The lowest BCUT2D eigenvalue weighted by Gasteiger charge is -2.17. The van der Waals surface area contributed by atoms with Crippen molar-refractivity contribution < 1.29 is 37.7 Å². The van der Waals surface area contributed by atoms with Gasteiger partial charge in [0, 0.05) is 11.3 Å². The monoisotopic (exact) mass is 489 g/mol. The summed E-state index contributed by atoms with van der Waals surface area (Å²) >= 11 is 0. The van der Waals surface area contributed by atoms with Crippen LogP contribution < -0.4 is 15.8 Å². The number of alkyl halides is 3. The smallest absolute Gasteiger partial charge is 0.489 e. The number of carboxylic acid groups (broad SMARTS) is 2. The lowest BCUT2D eigenvalue weighted by atomic mass is 10.1. The molecule has 0 aliphatic heterocycles. The van der Waals surface area contributed by atoms with Gasteiger partial charge in [-0.2, -0.15) is 13.2 Å². The number of halogens is 3. The van der Waals surface area contributed by atoms with Crippen molar-refractivity contribution in [2.75, 3.05) is 5.32 Å². The number of benzene rings is 3. The van der Waals surface area contributed by atoms with E-state index in [0.717, 1.165) is 5.56 Å². The highest BCUT2D eigenvalue weighted by Crippen LogP contribution is 2.24. The van der Waals surface area contributed by atoms with Crippen LogP contribution in [0.3, 0.4) is 0 Å². The van der Waals surface area contributed by atoms with Crippen LogP contribution in [0.25, 0.3) is 0 Å². The Labute approximate surface area is 198 Å². The van der Waals surface area contributed by atoms with Crippen molar-refractivity contribution >= 4 is 23.5 Å². The van der Waals surface area contributed by atoms with E-state index in [4.69, 9.17) is 25.8 Å². The molecule has 0 heterocycles. The fourth-order valence-electron chi connectivity index (χ4n) is 2.73. The summed E-state index contributed by atoms with van der Waals surface area (Å²) in [6.45, 7) is 0.405. The standard InChI is InChI=1S/C22H21N3O3.C2HF3O2/c23-21(24)16-9-11-18(12-10-16)25-20(22(26)27)17-7-4-8-19(13-17)28-14-15-5-2-1-3-6-15;3-2(4,5)1(6)7/h1-13,20,25H,14H2,(H3,23,24)(H,26,27);(H,6,7). The fourth-order valence-corrected chi connectivity index (χ4v) is 2.73. The van der Waals surface area contributed by atoms with Crippen LogP contribution in [0, 0.1) is 5.41 Å². The zero-order valence-electron chi connectivity index (χ0n) is 18.1. The molecule has 8 nitrogen and oxygen atoms in total. The minimum Gasteiger partial charge on any atom is -0.489 e. The van der Waals surface area contributed by atoms with E-state index < -0.39 is 24.2 Å². The van der Waals surface area contributed by atoms with Crippen molar-refractivity contribution in [3.63, 3.8) is 0 Å². The van der Waals surface area contributed by atoms with Crippen molar-refractivity contribution in [2.24, 2.45) is 5.73 Å². The highest BCUT2D eigenvalue weighted by Gasteiger charge is 2.38. The molecule has 0 amide bonds. The SMILES string of the molecule is N=C(N)c1ccc(NC(C(=O)O)c2cccc(OCc3ccccc3)c2)cc1.O=C(O)C(F)(F)F. The van der Waals surface area contributed by atoms with Crippen LogP contribution in [0.1, 0.15) is 22.7 Å². The minimum absolute atomic E-state index is 0.0374. The van der Waals surface area contributed by atoms with Gasteiger partial charge in [-0.05, 0) is 47.5 Å². The Morgan fingerprint density at radius 2 is 1.57 bits per heavy atom. The van der Waals surface area contributed by atoms with Crippen molar-refractivity contribution in [1.82, 2.24) is 0 Å². The maximum absolute atomic E-state index is 11.8. The molecule has 1 unspecified atom stereocenters. The van der Waals surface area contributed by atoms with Crippen molar-refractivity contribution in [3.05, 3.63) is 95.6 Å². The molecule has 0 bridgehead atoms. The molecular weight excluding hydrogens is 467 g/mol. The third-order valence-electron chi connectivity index (χ3n) is 4.44. The average molecular weight is 489 g/mol. The summed E-state index contributed by atoms with van der Waals surface area (Å²) in [5.41, 5.74) is 8.25. The predicted molar refractivity (Wildman–Crippen MR) is 122 cm³/mol. The third-order valence-corrected chi connectivity index (χ3v) is 4.44. The highest BCUT2D eigenvalue weighted by atomic mass is 19.4. The number of nitrogen functional groups attached to an aromatic ring is 1. The van der Waals surface area contributed by atoms with E-state index in [2.05, 4.69) is 5.32 Å². The number of nitrogens with two attached hydrogens (primary N) is 1. The van der Waals surface area contributed by atoms with Gasteiger partial charge in [0.15, 0.2) is 6.04 Å². The summed E-state index contributed by atoms with van der Waals surface area (Å²) in [5, 5.41) is 27.2. The lowest BCUT2D eigenvalue weighted by molar-refractivity contribution is -0.192. The molecule has 0 saturated carbocycles. The molecule has 184 valence electrons. The highest BCUT2D eigenvalue weighted by molar-refractivity contribution is 5.95. The van der Waals surface area contributed by atoms with Gasteiger partial charge in [-0.3, -0.25) is 5.41 Å². The van der Waals surface area contributed by atoms with Crippen LogP contribution in [0.5, 0.6) is 5.75 Å². The zero-order chi connectivity index (χ0) is 26.0. The van der Waals surface area contributed by atoms with Crippen LogP contribution >= 0.6 is 0 Å². The molecule has 11 heteroatoms. The predicted octanol–water partition coefficient (Wildman–Crippen LogP) is 4.42. The number of anilines is 1. The minimum atomic E-state index is -5.08. The van der Waals surface area contributed by atoms with Crippen molar-refractivity contribution in [1.29, 1.82) is 5.41 Å². The molecule has 35 heavy (non-hydrogen) atoms. The summed E-state index contributed by atoms with van der Waals surface area (Å²) in [5.74, 6) is -3.20. The molecule has 0 fully saturated rings. The Hall–Kier alpha value is -4.54. The molecule has 1 atom stereocenters. The van der Waals surface area contributed by atoms with Gasteiger partial charge in [-0.1, -0.05) is 42.5 Å². The maximum Gasteiger partial charge on any atom is 0.490 e. The first-order valence-electron chi connectivity index (χ1n) is 9.98. The van der Waals surface area contributed by atoms with Crippen LogP contribution in [0.15, 0.2) is 78.9 Å². The molecule has 3 rings (SSSR count). The Balaban J connectivity index is 0.000000540. The summed E-state index contributed by atoms with van der Waals surface area (Å²) in [7, 11) is 0. The Morgan fingerprint density at radius 1 is 0.971 bits per heavy atom. The van der Waals surface area contributed by atoms with Crippen molar-refractivity contribution in [2.45, 2.75) is 18.8 Å². The topological polar surface area (TPSA) is 146 Å². The quantitative estimate of drug-likeness (QED) is 0.233. The van der Waals surface area contributed by atoms with Crippen LogP contribution in [-0.2, 0) is 16.2 Å². The summed E-state index contributed by atoms with van der Waals surface area (Å²) in [6.07, 6.45) is -5.08. The summed E-state index contributed by atoms with van der Waals surface area (Å²) in [4.78, 5) is 20.7. The fraction of sp³-hybridized carbons (Fsp3) is 0.125. The molecule has 0 radical (unpaired) electrons. The van der Waals surface area contributed by atoms with Gasteiger partial charge in [0.05, 0.1) is 0 Å². The molecule has 0 aliphatic carbocycles. The van der Waals surface area contributed by atoms with Gasteiger partial charge in [-0.25, -0.2) is 9.59 Å². The summed E-state index contributed by atoms with van der Waals surface area (Å²) < 4.78 is 37.5. The normalized spacial score (nSPS) is 11.4. The second kappa shape index (κ2) is 12.1. The van der Waals surface area contributed by atoms with Crippen LogP contribution in [-0.4, -0.2) is 34.2 Å². The molecular formula is C24H22F3N3O5. The van der Waals surface area contributed by atoms with E-state index in [-0.39, 0.29) is 5.84 Å². The number of nitrogens with one attached hydrogen (secondary N) is 2. The van der Waals surface area contributed by atoms with Gasteiger partial charge in [0.1, 0.15) is 18.2 Å². The summed E-state index contributed by atoms with van der Waals surface area (Å²) in [6, 6.07) is 22.6. The molecule has 0 saturated heterocycles. The molecule has 0 spiro atoms. The van der Waals surface area contributed by atoms with Gasteiger partial charge >= 0.3 is 18.1 Å². The first kappa shape index (κ1) is 26.7. The number of amidine groups is 1. The molecule has 3 aromatic rings. The third kappa shape index (κ3) is 8.72. The molecule has 6 N–H and O–H groups in total. The number of rotatable bonds is 8. The zero-order valence-corrected chi connectivity index (χ0v) is 18.1.